The number of carbonyl (C=O) groups is 2. The van der Waals surface area contributed by atoms with Crippen molar-refractivity contribution in [3.05, 3.63) is 88.9 Å². The zero-order valence-corrected chi connectivity index (χ0v) is 19.6. The van der Waals surface area contributed by atoms with E-state index in [-0.39, 0.29) is 24.1 Å². The predicted molar refractivity (Wildman–Crippen MR) is 131 cm³/mol. The minimum absolute atomic E-state index is 0.107. The number of amides is 2. The summed E-state index contributed by atoms with van der Waals surface area (Å²) in [6, 6.07) is 14.8. The van der Waals surface area contributed by atoms with Crippen molar-refractivity contribution < 1.29 is 14.1 Å². The summed E-state index contributed by atoms with van der Waals surface area (Å²) in [5.74, 6) is -0.476. The van der Waals surface area contributed by atoms with Gasteiger partial charge in [-0.25, -0.2) is 0 Å². The number of nitrogens with zero attached hydrogens (tertiary/aromatic N) is 4. The Hall–Kier alpha value is -4.24. The van der Waals surface area contributed by atoms with Crippen LogP contribution in [0, 0.1) is 0 Å². The van der Waals surface area contributed by atoms with Crippen molar-refractivity contribution in [2.24, 2.45) is 7.05 Å². The van der Waals surface area contributed by atoms with Crippen LogP contribution in [0.5, 0.6) is 0 Å². The highest BCUT2D eigenvalue weighted by molar-refractivity contribution is 6.04. The van der Waals surface area contributed by atoms with Gasteiger partial charge in [0.2, 0.25) is 5.76 Å². The SMILES string of the molecule is CN1CCc2ccc(NC(=O)c3cccc(CNC(=O)c4cc(-c5cnn(C)c5)no4)c3)cc2C1. The van der Waals surface area contributed by atoms with Crippen LogP contribution in [0.15, 0.2) is 65.4 Å². The Morgan fingerprint density at radius 3 is 2.77 bits per heavy atom. The largest absolute Gasteiger partial charge is 0.350 e. The van der Waals surface area contributed by atoms with E-state index in [2.05, 4.69) is 38.9 Å². The molecule has 0 saturated carbocycles. The first kappa shape index (κ1) is 22.5. The highest BCUT2D eigenvalue weighted by Gasteiger charge is 2.16. The van der Waals surface area contributed by atoms with Crippen LogP contribution in [0.1, 0.15) is 37.6 Å². The molecule has 3 heterocycles. The fourth-order valence-electron chi connectivity index (χ4n) is 4.14. The van der Waals surface area contributed by atoms with Gasteiger partial charge in [-0.3, -0.25) is 14.3 Å². The van der Waals surface area contributed by atoms with Crippen LogP contribution in [-0.4, -0.2) is 45.2 Å². The molecule has 0 aliphatic carbocycles. The molecule has 9 heteroatoms. The molecule has 1 aliphatic heterocycles. The lowest BCUT2D eigenvalue weighted by Crippen LogP contribution is -2.26. The number of likely N-dealkylation sites (N-methyl/N-ethyl adjacent to an activating group) is 1. The third kappa shape index (κ3) is 5.15. The molecular formula is C26H26N6O3. The monoisotopic (exact) mass is 470 g/mol. The summed E-state index contributed by atoms with van der Waals surface area (Å²) >= 11 is 0. The highest BCUT2D eigenvalue weighted by atomic mass is 16.5. The fraction of sp³-hybridized carbons (Fsp3) is 0.231. The van der Waals surface area contributed by atoms with Gasteiger partial charge < -0.3 is 20.1 Å². The van der Waals surface area contributed by atoms with Crippen molar-refractivity contribution >= 4 is 17.5 Å². The van der Waals surface area contributed by atoms with Gasteiger partial charge in [0.1, 0.15) is 5.69 Å². The van der Waals surface area contributed by atoms with E-state index in [4.69, 9.17) is 4.52 Å². The maximum absolute atomic E-state index is 12.9. The Labute approximate surface area is 202 Å². The van der Waals surface area contributed by atoms with Crippen LogP contribution < -0.4 is 10.6 Å². The Balaban J connectivity index is 1.21. The minimum Gasteiger partial charge on any atom is -0.350 e. The summed E-state index contributed by atoms with van der Waals surface area (Å²) in [5.41, 5.74) is 5.97. The second-order valence-corrected chi connectivity index (χ2v) is 8.79. The quantitative estimate of drug-likeness (QED) is 0.448. The molecule has 0 atom stereocenters. The molecule has 178 valence electrons. The van der Waals surface area contributed by atoms with Crippen molar-refractivity contribution in [3.63, 3.8) is 0 Å². The first-order valence-electron chi connectivity index (χ1n) is 11.4. The van der Waals surface area contributed by atoms with Gasteiger partial charge in [-0.05, 0) is 54.4 Å². The van der Waals surface area contributed by atoms with Gasteiger partial charge in [0, 0.05) is 55.8 Å². The maximum atomic E-state index is 12.9. The summed E-state index contributed by atoms with van der Waals surface area (Å²) < 4.78 is 6.84. The van der Waals surface area contributed by atoms with Crippen molar-refractivity contribution in [2.75, 3.05) is 18.9 Å². The smallest absolute Gasteiger partial charge is 0.290 e. The van der Waals surface area contributed by atoms with Gasteiger partial charge in [0.15, 0.2) is 0 Å². The van der Waals surface area contributed by atoms with E-state index in [1.165, 1.54) is 11.1 Å². The number of anilines is 1. The summed E-state index contributed by atoms with van der Waals surface area (Å²) in [7, 11) is 3.90. The van der Waals surface area contributed by atoms with Crippen LogP contribution in [0.4, 0.5) is 5.69 Å². The second-order valence-electron chi connectivity index (χ2n) is 8.79. The number of nitrogens with one attached hydrogen (secondary N) is 2. The lowest BCUT2D eigenvalue weighted by Gasteiger charge is -2.25. The number of hydrogen-bond donors (Lipinski definition) is 2. The number of aromatic nitrogens is 3. The van der Waals surface area contributed by atoms with E-state index in [0.717, 1.165) is 36.3 Å². The van der Waals surface area contributed by atoms with E-state index < -0.39 is 0 Å². The molecule has 2 amide bonds. The Morgan fingerprint density at radius 2 is 1.94 bits per heavy atom. The van der Waals surface area contributed by atoms with Gasteiger partial charge in [-0.1, -0.05) is 23.4 Å². The number of fused-ring (bicyclic) bond motifs is 1. The minimum atomic E-state index is -0.387. The topological polar surface area (TPSA) is 105 Å². The van der Waals surface area contributed by atoms with Gasteiger partial charge >= 0.3 is 0 Å². The summed E-state index contributed by atoms with van der Waals surface area (Å²) in [5, 5.41) is 13.8. The molecule has 4 aromatic rings. The second kappa shape index (κ2) is 9.55. The molecule has 2 aromatic carbocycles. The van der Waals surface area contributed by atoms with Gasteiger partial charge in [0.05, 0.1) is 6.20 Å². The van der Waals surface area contributed by atoms with Crippen LogP contribution in [0.25, 0.3) is 11.3 Å². The van der Waals surface area contributed by atoms with Crippen molar-refractivity contribution in [1.82, 2.24) is 25.2 Å². The highest BCUT2D eigenvalue weighted by Crippen LogP contribution is 2.22. The van der Waals surface area contributed by atoms with E-state index in [1.807, 2.05) is 18.2 Å². The molecule has 1 aliphatic rings. The van der Waals surface area contributed by atoms with E-state index in [9.17, 15) is 9.59 Å². The third-order valence-corrected chi connectivity index (χ3v) is 6.04. The molecule has 0 bridgehead atoms. The maximum Gasteiger partial charge on any atom is 0.290 e. The van der Waals surface area contributed by atoms with Gasteiger partial charge in [-0.15, -0.1) is 0 Å². The normalized spacial score (nSPS) is 13.3. The van der Waals surface area contributed by atoms with Crippen molar-refractivity contribution in [3.8, 4) is 11.3 Å². The molecule has 35 heavy (non-hydrogen) atoms. The van der Waals surface area contributed by atoms with Crippen LogP contribution in [-0.2, 0) is 26.6 Å². The van der Waals surface area contributed by atoms with Crippen molar-refractivity contribution in [2.45, 2.75) is 19.5 Å². The lowest BCUT2D eigenvalue weighted by molar-refractivity contribution is 0.0913. The summed E-state index contributed by atoms with van der Waals surface area (Å²) in [6.45, 7) is 2.17. The summed E-state index contributed by atoms with van der Waals surface area (Å²) in [6.07, 6.45) is 4.46. The third-order valence-electron chi connectivity index (χ3n) is 6.04. The van der Waals surface area contributed by atoms with Gasteiger partial charge in [0.25, 0.3) is 11.8 Å². The molecule has 0 spiro atoms. The Kier molecular flexibility index (Phi) is 6.15. The number of carbonyl (C=O) groups excluding carboxylic acids is 2. The molecule has 2 aromatic heterocycles. The average Bonchev–Trinajstić information content (AvgIpc) is 3.52. The van der Waals surface area contributed by atoms with Crippen molar-refractivity contribution in [1.29, 1.82) is 0 Å². The molecular weight excluding hydrogens is 444 g/mol. The van der Waals surface area contributed by atoms with E-state index in [0.29, 0.717) is 11.3 Å². The molecule has 0 saturated heterocycles. The fourth-order valence-corrected chi connectivity index (χ4v) is 4.14. The molecule has 0 unspecified atom stereocenters. The standard InChI is InChI=1S/C26H26N6O3/c1-31-9-8-18-6-7-22(11-20(18)15-31)29-25(33)19-5-3-4-17(10-19)13-27-26(34)24-12-23(30-35-24)21-14-28-32(2)16-21/h3-7,10-12,14,16H,8-9,13,15H2,1-2H3,(H,27,34)(H,29,33). The Bertz CT molecular complexity index is 1390. The molecule has 9 nitrogen and oxygen atoms in total. The first-order valence-corrected chi connectivity index (χ1v) is 11.4. The average molecular weight is 471 g/mol. The lowest BCUT2D eigenvalue weighted by atomic mass is 9.99. The number of benzene rings is 2. The first-order chi connectivity index (χ1) is 16.9. The zero-order valence-electron chi connectivity index (χ0n) is 19.6. The molecule has 2 N–H and O–H groups in total. The van der Waals surface area contributed by atoms with Crippen LogP contribution in [0.2, 0.25) is 0 Å². The predicted octanol–water partition coefficient (Wildman–Crippen LogP) is 3.25. The van der Waals surface area contributed by atoms with Crippen LogP contribution >= 0.6 is 0 Å². The molecule has 0 fully saturated rings. The molecule has 0 radical (unpaired) electrons. The Morgan fingerprint density at radius 1 is 1.06 bits per heavy atom. The van der Waals surface area contributed by atoms with Gasteiger partial charge in [-0.2, -0.15) is 5.10 Å². The number of hydrogen-bond acceptors (Lipinski definition) is 6. The van der Waals surface area contributed by atoms with E-state index in [1.54, 1.807) is 48.4 Å². The van der Waals surface area contributed by atoms with Crippen LogP contribution in [0.3, 0.4) is 0 Å². The molecule has 5 rings (SSSR count). The number of aryl methyl sites for hydroxylation is 1. The summed E-state index contributed by atoms with van der Waals surface area (Å²) in [4.78, 5) is 27.6. The number of rotatable bonds is 6. The van der Waals surface area contributed by atoms with E-state index >= 15 is 0 Å². The zero-order chi connectivity index (χ0) is 24.4.